The minimum atomic E-state index is -0.661. The second-order valence-electron chi connectivity index (χ2n) is 5.88. The summed E-state index contributed by atoms with van der Waals surface area (Å²) in [6, 6.07) is 5.93. The number of nitrogens with zero attached hydrogens (tertiary/aromatic N) is 1. The summed E-state index contributed by atoms with van der Waals surface area (Å²) in [4.78, 5) is 48.7. The molecular weight excluding hydrogens is 340 g/mol. The zero-order valence-corrected chi connectivity index (χ0v) is 14.4. The fraction of sp³-hybridized carbons (Fsp3) is 0.222. The molecule has 2 heterocycles. The number of rotatable bonds is 4. The van der Waals surface area contributed by atoms with Crippen LogP contribution in [-0.2, 0) is 9.53 Å². The maximum atomic E-state index is 12.0. The summed E-state index contributed by atoms with van der Waals surface area (Å²) in [5, 5.41) is 2.53. The van der Waals surface area contributed by atoms with E-state index in [-0.39, 0.29) is 22.6 Å². The number of furan rings is 1. The van der Waals surface area contributed by atoms with Crippen LogP contribution in [0.15, 0.2) is 28.7 Å². The van der Waals surface area contributed by atoms with Crippen molar-refractivity contribution in [3.8, 4) is 0 Å². The Labute approximate surface area is 148 Å². The first-order chi connectivity index (χ1) is 12.3. The molecule has 1 N–H and O–H groups in total. The molecule has 3 rings (SSSR count). The van der Waals surface area contributed by atoms with Gasteiger partial charge in [-0.3, -0.25) is 19.3 Å². The van der Waals surface area contributed by atoms with Crippen LogP contribution in [0.4, 0.5) is 5.69 Å². The molecule has 0 radical (unpaired) electrons. The van der Waals surface area contributed by atoms with Gasteiger partial charge in [0.15, 0.2) is 6.61 Å². The van der Waals surface area contributed by atoms with E-state index in [4.69, 9.17) is 9.15 Å². The number of carbonyl (C=O) groups excluding carboxylic acids is 4. The van der Waals surface area contributed by atoms with Crippen molar-refractivity contribution in [1.29, 1.82) is 0 Å². The number of hydrogen-bond donors (Lipinski definition) is 1. The van der Waals surface area contributed by atoms with Gasteiger partial charge in [0.25, 0.3) is 17.7 Å². The van der Waals surface area contributed by atoms with Crippen molar-refractivity contribution in [1.82, 2.24) is 4.90 Å². The van der Waals surface area contributed by atoms with Crippen molar-refractivity contribution in [3.63, 3.8) is 0 Å². The van der Waals surface area contributed by atoms with Gasteiger partial charge < -0.3 is 14.5 Å². The number of nitrogens with one attached hydrogen (secondary N) is 1. The molecule has 3 amide bonds. The van der Waals surface area contributed by atoms with Gasteiger partial charge >= 0.3 is 5.97 Å². The molecule has 0 atom stereocenters. The number of amides is 3. The van der Waals surface area contributed by atoms with E-state index in [9.17, 15) is 19.2 Å². The summed E-state index contributed by atoms with van der Waals surface area (Å²) < 4.78 is 10.2. The molecule has 0 aliphatic carbocycles. The number of carbonyl (C=O) groups is 4. The molecule has 26 heavy (non-hydrogen) atoms. The smallest absolute Gasteiger partial charge is 0.342 e. The zero-order valence-electron chi connectivity index (χ0n) is 14.4. The van der Waals surface area contributed by atoms with E-state index in [0.29, 0.717) is 17.2 Å². The number of ether oxygens (including phenoxy) is 1. The molecule has 1 aliphatic rings. The Morgan fingerprint density at radius 3 is 2.46 bits per heavy atom. The van der Waals surface area contributed by atoms with Crippen LogP contribution < -0.4 is 5.32 Å². The highest BCUT2D eigenvalue weighted by Gasteiger charge is 2.32. The van der Waals surface area contributed by atoms with Gasteiger partial charge in [-0.1, -0.05) is 0 Å². The molecule has 8 heteroatoms. The predicted octanol–water partition coefficient (Wildman–Crippen LogP) is 1.92. The molecule has 1 aromatic heterocycles. The highest BCUT2D eigenvalue weighted by molar-refractivity contribution is 6.21. The highest BCUT2D eigenvalue weighted by Crippen LogP contribution is 2.24. The largest absolute Gasteiger partial charge is 0.466 e. The normalized spacial score (nSPS) is 13.0. The van der Waals surface area contributed by atoms with Gasteiger partial charge in [0.2, 0.25) is 0 Å². The van der Waals surface area contributed by atoms with E-state index < -0.39 is 24.4 Å². The van der Waals surface area contributed by atoms with Crippen LogP contribution in [0, 0.1) is 13.8 Å². The fourth-order valence-corrected chi connectivity index (χ4v) is 2.68. The minimum absolute atomic E-state index is 0.219. The zero-order chi connectivity index (χ0) is 19.0. The molecule has 1 aromatic carbocycles. The summed E-state index contributed by atoms with van der Waals surface area (Å²) in [7, 11) is 1.39. The van der Waals surface area contributed by atoms with Crippen LogP contribution in [0.5, 0.6) is 0 Å². The van der Waals surface area contributed by atoms with E-state index in [1.54, 1.807) is 13.8 Å². The molecule has 0 saturated carbocycles. The number of aryl methyl sites for hydroxylation is 2. The Morgan fingerprint density at radius 2 is 1.81 bits per heavy atom. The Hall–Kier alpha value is -3.42. The second-order valence-corrected chi connectivity index (χ2v) is 5.88. The lowest BCUT2D eigenvalue weighted by atomic mass is 10.1. The molecular formula is C18H16N2O6. The second kappa shape index (κ2) is 6.47. The van der Waals surface area contributed by atoms with Gasteiger partial charge in [0.05, 0.1) is 11.1 Å². The van der Waals surface area contributed by atoms with E-state index in [2.05, 4.69) is 5.32 Å². The van der Waals surface area contributed by atoms with Crippen molar-refractivity contribution in [2.24, 2.45) is 0 Å². The van der Waals surface area contributed by atoms with Crippen molar-refractivity contribution in [2.75, 3.05) is 19.0 Å². The highest BCUT2D eigenvalue weighted by atomic mass is 16.5. The van der Waals surface area contributed by atoms with Gasteiger partial charge in [0.1, 0.15) is 17.1 Å². The Kier molecular flexibility index (Phi) is 4.33. The van der Waals surface area contributed by atoms with E-state index in [0.717, 1.165) is 4.90 Å². The molecule has 0 unspecified atom stereocenters. The van der Waals surface area contributed by atoms with E-state index >= 15 is 0 Å². The molecule has 0 spiro atoms. The average molecular weight is 356 g/mol. The molecule has 134 valence electrons. The quantitative estimate of drug-likeness (QED) is 0.663. The summed E-state index contributed by atoms with van der Waals surface area (Å²) in [5.41, 5.74) is 1.10. The molecule has 0 saturated heterocycles. The standard InChI is InChI=1S/C18H16N2O6/c1-9-6-13(10(2)26-9)18(24)25-8-15(21)19-11-4-5-12-14(7-11)17(23)20(3)16(12)22/h4-7H,8H2,1-3H3,(H,19,21). The third-order valence-corrected chi connectivity index (χ3v) is 3.97. The molecule has 8 nitrogen and oxygen atoms in total. The number of anilines is 1. The van der Waals surface area contributed by atoms with E-state index in [1.165, 1.54) is 31.3 Å². The first-order valence-electron chi connectivity index (χ1n) is 7.78. The molecule has 2 aromatic rings. The van der Waals surface area contributed by atoms with Crippen LogP contribution >= 0.6 is 0 Å². The monoisotopic (exact) mass is 356 g/mol. The SMILES string of the molecule is Cc1cc(C(=O)OCC(=O)Nc2ccc3c(c2)C(=O)N(C)C3=O)c(C)o1. The Morgan fingerprint density at radius 1 is 1.12 bits per heavy atom. The lowest BCUT2D eigenvalue weighted by Crippen LogP contribution is -2.24. The first-order valence-corrected chi connectivity index (χ1v) is 7.78. The number of hydrogen-bond acceptors (Lipinski definition) is 6. The van der Waals surface area contributed by atoms with Gasteiger partial charge in [-0.2, -0.15) is 0 Å². The first kappa shape index (κ1) is 17.4. The van der Waals surface area contributed by atoms with Crippen LogP contribution in [0.1, 0.15) is 42.6 Å². The van der Waals surface area contributed by atoms with Gasteiger partial charge in [-0.25, -0.2) is 4.79 Å². The lowest BCUT2D eigenvalue weighted by molar-refractivity contribution is -0.119. The summed E-state index contributed by atoms with van der Waals surface area (Å²) in [6.07, 6.45) is 0. The van der Waals surface area contributed by atoms with Gasteiger partial charge in [0, 0.05) is 12.7 Å². The van der Waals surface area contributed by atoms with Crippen molar-refractivity contribution in [3.05, 3.63) is 52.5 Å². The minimum Gasteiger partial charge on any atom is -0.466 e. The average Bonchev–Trinajstić information content (AvgIpc) is 3.05. The fourth-order valence-electron chi connectivity index (χ4n) is 2.68. The summed E-state index contributed by atoms with van der Waals surface area (Å²) >= 11 is 0. The molecule has 1 aliphatic heterocycles. The third kappa shape index (κ3) is 3.08. The molecule has 0 bridgehead atoms. The number of benzene rings is 1. The van der Waals surface area contributed by atoms with Gasteiger partial charge in [-0.05, 0) is 38.1 Å². The van der Waals surface area contributed by atoms with Crippen LogP contribution in [0.25, 0.3) is 0 Å². The topological polar surface area (TPSA) is 106 Å². The number of fused-ring (bicyclic) bond motifs is 1. The summed E-state index contributed by atoms with van der Waals surface area (Å²) in [5.74, 6) is -1.06. The van der Waals surface area contributed by atoms with Crippen molar-refractivity contribution >= 4 is 29.4 Å². The Bertz CT molecular complexity index is 943. The van der Waals surface area contributed by atoms with Crippen LogP contribution in [-0.4, -0.2) is 42.2 Å². The lowest BCUT2D eigenvalue weighted by Gasteiger charge is -2.07. The summed E-state index contributed by atoms with van der Waals surface area (Å²) in [6.45, 7) is 2.84. The van der Waals surface area contributed by atoms with Crippen LogP contribution in [0.2, 0.25) is 0 Å². The predicted molar refractivity (Wildman–Crippen MR) is 90.0 cm³/mol. The van der Waals surface area contributed by atoms with Crippen molar-refractivity contribution < 1.29 is 28.3 Å². The number of esters is 1. The maximum absolute atomic E-state index is 12.0. The van der Waals surface area contributed by atoms with Crippen molar-refractivity contribution in [2.45, 2.75) is 13.8 Å². The number of imide groups is 1. The Balaban J connectivity index is 1.63. The van der Waals surface area contributed by atoms with E-state index in [1.807, 2.05) is 0 Å². The van der Waals surface area contributed by atoms with Gasteiger partial charge in [-0.15, -0.1) is 0 Å². The van der Waals surface area contributed by atoms with Crippen LogP contribution in [0.3, 0.4) is 0 Å². The molecule has 0 fully saturated rings. The third-order valence-electron chi connectivity index (χ3n) is 3.97. The maximum Gasteiger partial charge on any atom is 0.342 e.